The van der Waals surface area contributed by atoms with Gasteiger partial charge in [0.2, 0.25) is 0 Å². The van der Waals surface area contributed by atoms with Crippen LogP contribution >= 0.6 is 23.4 Å². The van der Waals surface area contributed by atoms with Crippen molar-refractivity contribution in [2.75, 3.05) is 12.4 Å². The number of rotatable bonds is 8. The maximum absolute atomic E-state index is 12.8. The molecule has 0 unspecified atom stereocenters. The first-order chi connectivity index (χ1) is 13.5. The van der Waals surface area contributed by atoms with Crippen molar-refractivity contribution in [3.05, 3.63) is 76.1 Å². The van der Waals surface area contributed by atoms with E-state index in [1.165, 1.54) is 16.3 Å². The first kappa shape index (κ1) is 20.5. The Bertz CT molecular complexity index is 1050. The maximum Gasteiger partial charge on any atom is 0.262 e. The minimum Gasteiger partial charge on any atom is -0.491 e. The lowest BCUT2D eigenvalue weighted by molar-refractivity contribution is 0.126. The average molecular weight is 417 g/mol. The van der Waals surface area contributed by atoms with Crippen molar-refractivity contribution in [2.45, 2.75) is 24.7 Å². The van der Waals surface area contributed by atoms with Crippen molar-refractivity contribution < 1.29 is 9.84 Å². The van der Waals surface area contributed by atoms with Crippen LogP contribution in [0.4, 0.5) is 0 Å². The third-order valence-electron chi connectivity index (χ3n) is 4.12. The van der Waals surface area contributed by atoms with Crippen LogP contribution < -0.4 is 10.3 Å². The number of aliphatic hydroxyl groups is 1. The van der Waals surface area contributed by atoms with Crippen LogP contribution in [0.15, 0.2) is 65.1 Å². The number of benzene rings is 2. The number of hydrogen-bond donors (Lipinski definition) is 1. The third kappa shape index (κ3) is 4.76. The lowest BCUT2D eigenvalue weighted by atomic mass is 10.2. The summed E-state index contributed by atoms with van der Waals surface area (Å²) >= 11 is 7.32. The van der Waals surface area contributed by atoms with Gasteiger partial charge >= 0.3 is 0 Å². The van der Waals surface area contributed by atoms with Gasteiger partial charge in [-0.3, -0.25) is 9.36 Å². The molecule has 1 aromatic heterocycles. The molecule has 1 heterocycles. The number of nitrogens with zero attached hydrogens (tertiary/aromatic N) is 2. The number of ether oxygens (including phenoxy) is 1. The minimum absolute atomic E-state index is 0.159. The summed E-state index contributed by atoms with van der Waals surface area (Å²) in [5.41, 5.74) is 1.40. The summed E-state index contributed by atoms with van der Waals surface area (Å²) in [6.45, 7) is 6.15. The zero-order valence-corrected chi connectivity index (χ0v) is 17.0. The molecule has 2 aromatic carbocycles. The Morgan fingerprint density at radius 3 is 2.89 bits per heavy atom. The maximum atomic E-state index is 12.8. The van der Waals surface area contributed by atoms with Gasteiger partial charge in [-0.05, 0) is 36.8 Å². The van der Waals surface area contributed by atoms with E-state index in [4.69, 9.17) is 16.3 Å². The lowest BCUT2D eigenvalue weighted by Crippen LogP contribution is -2.25. The number of aliphatic hydroxyl groups excluding tert-OH is 1. The van der Waals surface area contributed by atoms with Gasteiger partial charge in [0.25, 0.3) is 5.56 Å². The van der Waals surface area contributed by atoms with Crippen LogP contribution in [0.1, 0.15) is 5.56 Å². The van der Waals surface area contributed by atoms with E-state index in [0.29, 0.717) is 33.4 Å². The zero-order chi connectivity index (χ0) is 20.1. The van der Waals surface area contributed by atoms with Gasteiger partial charge in [0.1, 0.15) is 12.4 Å². The van der Waals surface area contributed by atoms with Gasteiger partial charge in [0, 0.05) is 17.3 Å². The predicted octanol–water partition coefficient (Wildman–Crippen LogP) is 4.08. The molecule has 3 aromatic rings. The van der Waals surface area contributed by atoms with Crippen molar-refractivity contribution >= 4 is 34.3 Å². The second-order valence-electron chi connectivity index (χ2n) is 6.30. The highest BCUT2D eigenvalue weighted by atomic mass is 35.5. The van der Waals surface area contributed by atoms with Crippen molar-refractivity contribution in [2.24, 2.45) is 0 Å². The van der Waals surface area contributed by atoms with E-state index in [-0.39, 0.29) is 12.2 Å². The molecule has 0 aliphatic carbocycles. The number of hydrogen-bond acceptors (Lipinski definition) is 5. The molecule has 0 fully saturated rings. The summed E-state index contributed by atoms with van der Waals surface area (Å²) in [7, 11) is 0. The highest BCUT2D eigenvalue weighted by molar-refractivity contribution is 7.99. The second-order valence-corrected chi connectivity index (χ2v) is 7.73. The topological polar surface area (TPSA) is 64.3 Å². The Labute approximate surface area is 172 Å². The molecule has 1 N–H and O–H groups in total. The van der Waals surface area contributed by atoms with E-state index in [9.17, 15) is 9.90 Å². The van der Waals surface area contributed by atoms with Crippen LogP contribution in [-0.2, 0) is 6.54 Å². The molecule has 0 bridgehead atoms. The molecule has 3 rings (SSSR count). The first-order valence-corrected chi connectivity index (χ1v) is 10.2. The summed E-state index contributed by atoms with van der Waals surface area (Å²) in [6, 6.07) is 12.7. The number of thioether (sulfide) groups is 1. The normalized spacial score (nSPS) is 12.1. The molecule has 0 amide bonds. The quantitative estimate of drug-likeness (QED) is 0.340. The molecule has 146 valence electrons. The van der Waals surface area contributed by atoms with Crippen molar-refractivity contribution in [1.82, 2.24) is 9.55 Å². The van der Waals surface area contributed by atoms with Crippen LogP contribution in [0.25, 0.3) is 10.9 Å². The molecule has 5 nitrogen and oxygen atoms in total. The van der Waals surface area contributed by atoms with Crippen LogP contribution in [0, 0.1) is 6.92 Å². The van der Waals surface area contributed by atoms with Crippen molar-refractivity contribution in [1.29, 1.82) is 0 Å². The van der Waals surface area contributed by atoms with Crippen LogP contribution in [0.2, 0.25) is 5.02 Å². The summed E-state index contributed by atoms with van der Waals surface area (Å²) < 4.78 is 7.22. The van der Waals surface area contributed by atoms with Gasteiger partial charge in [0.05, 0.1) is 17.0 Å². The minimum atomic E-state index is -0.709. The van der Waals surface area contributed by atoms with Gasteiger partial charge in [-0.15, -0.1) is 6.58 Å². The van der Waals surface area contributed by atoms with Crippen LogP contribution in [0.3, 0.4) is 0 Å². The Balaban J connectivity index is 1.75. The molecule has 0 saturated carbocycles. The molecule has 0 aliphatic rings. The molecule has 0 saturated heterocycles. The Morgan fingerprint density at radius 2 is 2.14 bits per heavy atom. The molecule has 7 heteroatoms. The summed E-state index contributed by atoms with van der Waals surface area (Å²) in [5.74, 6) is 1.09. The molecule has 0 radical (unpaired) electrons. The fraction of sp³-hybridized carbons (Fsp3) is 0.238. The van der Waals surface area contributed by atoms with E-state index in [0.717, 1.165) is 11.3 Å². The largest absolute Gasteiger partial charge is 0.491 e. The van der Waals surface area contributed by atoms with E-state index in [2.05, 4.69) is 11.6 Å². The van der Waals surface area contributed by atoms with E-state index < -0.39 is 6.10 Å². The van der Waals surface area contributed by atoms with E-state index >= 15 is 0 Å². The molecule has 28 heavy (non-hydrogen) atoms. The number of aromatic nitrogens is 2. The van der Waals surface area contributed by atoms with Gasteiger partial charge < -0.3 is 9.84 Å². The molecular weight excluding hydrogens is 396 g/mol. The van der Waals surface area contributed by atoms with Gasteiger partial charge in [-0.2, -0.15) is 0 Å². The van der Waals surface area contributed by atoms with Crippen LogP contribution in [0.5, 0.6) is 5.75 Å². The Kier molecular flexibility index (Phi) is 6.78. The molecule has 1 atom stereocenters. The summed E-state index contributed by atoms with van der Waals surface area (Å²) in [4.78, 5) is 17.4. The smallest absolute Gasteiger partial charge is 0.262 e. The number of halogens is 1. The first-order valence-electron chi connectivity index (χ1n) is 8.80. The standard InChI is InChI=1S/C21H21ClN2O3S/c1-3-10-24-20(26)17-11-15(22)8-9-18(17)23-21(24)28-13-16(25)12-27-19-7-5-4-6-14(19)2/h3-9,11,16,25H,1,10,12-13H2,2H3/t16-/m1/s1. The molecule has 0 spiro atoms. The third-order valence-corrected chi connectivity index (χ3v) is 5.48. The molecule has 0 aliphatic heterocycles. The fourth-order valence-electron chi connectivity index (χ4n) is 2.70. The zero-order valence-electron chi connectivity index (χ0n) is 15.5. The second kappa shape index (κ2) is 9.28. The van der Waals surface area contributed by atoms with Crippen molar-refractivity contribution in [3.8, 4) is 5.75 Å². The van der Waals surface area contributed by atoms with Crippen LogP contribution in [-0.4, -0.2) is 33.1 Å². The number of aryl methyl sites for hydroxylation is 1. The van der Waals surface area contributed by atoms with Gasteiger partial charge in [-0.25, -0.2) is 4.98 Å². The van der Waals surface area contributed by atoms with E-state index in [1.54, 1.807) is 24.3 Å². The Morgan fingerprint density at radius 1 is 1.36 bits per heavy atom. The highest BCUT2D eigenvalue weighted by Crippen LogP contribution is 2.22. The number of para-hydroxylation sites is 1. The number of allylic oxidation sites excluding steroid dienone is 1. The van der Waals surface area contributed by atoms with Gasteiger partial charge in [-0.1, -0.05) is 47.6 Å². The molecular formula is C21H21ClN2O3S. The predicted molar refractivity (Wildman–Crippen MR) is 115 cm³/mol. The van der Waals surface area contributed by atoms with Gasteiger partial charge in [0.15, 0.2) is 5.16 Å². The number of fused-ring (bicyclic) bond motifs is 1. The average Bonchev–Trinajstić information content (AvgIpc) is 2.69. The fourth-order valence-corrected chi connectivity index (χ4v) is 3.78. The van der Waals surface area contributed by atoms with E-state index in [1.807, 2.05) is 31.2 Å². The highest BCUT2D eigenvalue weighted by Gasteiger charge is 2.14. The summed E-state index contributed by atoms with van der Waals surface area (Å²) in [5, 5.41) is 11.8. The SMILES string of the molecule is C=CCn1c(SC[C@H](O)COc2ccccc2C)nc2ccc(Cl)cc2c1=O. The monoisotopic (exact) mass is 416 g/mol. The van der Waals surface area contributed by atoms with Crippen molar-refractivity contribution in [3.63, 3.8) is 0 Å². The Hall–Kier alpha value is -2.28. The lowest BCUT2D eigenvalue weighted by Gasteiger charge is -2.15. The summed E-state index contributed by atoms with van der Waals surface area (Å²) in [6.07, 6.45) is 0.931.